The van der Waals surface area contributed by atoms with Crippen molar-refractivity contribution in [1.29, 1.82) is 0 Å². The van der Waals surface area contributed by atoms with Crippen LogP contribution >= 0.6 is 0 Å². The van der Waals surface area contributed by atoms with E-state index in [-0.39, 0.29) is 11.9 Å². The molecule has 2 rings (SSSR count). The van der Waals surface area contributed by atoms with Gasteiger partial charge < -0.3 is 4.74 Å². The first kappa shape index (κ1) is 14.6. The van der Waals surface area contributed by atoms with E-state index in [1.54, 1.807) is 11.8 Å². The zero-order valence-electron chi connectivity index (χ0n) is 12.3. The fourth-order valence-electron chi connectivity index (χ4n) is 2.75. The molecule has 1 heterocycles. The number of piperidine rings is 1. The summed E-state index contributed by atoms with van der Waals surface area (Å²) in [6.07, 6.45) is 1.89. The highest BCUT2D eigenvalue weighted by molar-refractivity contribution is 6.00. The van der Waals surface area contributed by atoms with Crippen LogP contribution in [-0.2, 0) is 14.3 Å². The van der Waals surface area contributed by atoms with Crippen LogP contribution in [0.4, 0.5) is 5.69 Å². The minimum Gasteiger partial charge on any atom is -0.464 e. The molecule has 0 aromatic heterocycles. The zero-order chi connectivity index (χ0) is 14.7. The molecule has 1 aliphatic rings. The second kappa shape index (κ2) is 6.07. The fraction of sp³-hybridized carbons (Fsp3) is 0.500. The molecule has 1 aliphatic heterocycles. The molecule has 0 spiro atoms. The predicted octanol–water partition coefficient (Wildman–Crippen LogP) is 2.75. The van der Waals surface area contributed by atoms with Gasteiger partial charge in [-0.1, -0.05) is 6.07 Å². The second-order valence-electron chi connectivity index (χ2n) is 5.27. The Kier molecular flexibility index (Phi) is 4.42. The molecule has 0 aliphatic carbocycles. The van der Waals surface area contributed by atoms with Crippen LogP contribution in [0.25, 0.3) is 0 Å². The molecule has 1 atom stereocenters. The molecule has 1 saturated heterocycles. The van der Waals surface area contributed by atoms with E-state index in [0.29, 0.717) is 19.4 Å². The van der Waals surface area contributed by atoms with Crippen LogP contribution in [0.3, 0.4) is 0 Å². The van der Waals surface area contributed by atoms with Crippen molar-refractivity contribution < 1.29 is 14.3 Å². The number of carbonyl (C=O) groups is 2. The van der Waals surface area contributed by atoms with Crippen molar-refractivity contribution in [3.8, 4) is 0 Å². The lowest BCUT2D eigenvalue weighted by atomic mass is 9.99. The summed E-state index contributed by atoms with van der Waals surface area (Å²) in [7, 11) is 0. The largest absolute Gasteiger partial charge is 0.464 e. The molecule has 1 aromatic rings. The Morgan fingerprint density at radius 3 is 2.55 bits per heavy atom. The predicted molar refractivity (Wildman–Crippen MR) is 77.7 cm³/mol. The molecule has 108 valence electrons. The quantitative estimate of drug-likeness (QED) is 0.797. The van der Waals surface area contributed by atoms with Gasteiger partial charge in [0, 0.05) is 12.1 Å². The number of rotatable bonds is 3. The SMILES string of the molecule is CCOC(=O)C1CCCC(=O)N1c1cc(C)cc(C)c1. The smallest absolute Gasteiger partial charge is 0.329 e. The van der Waals surface area contributed by atoms with Gasteiger partial charge in [0.15, 0.2) is 0 Å². The molecular weight excluding hydrogens is 254 g/mol. The normalized spacial score (nSPS) is 19.1. The second-order valence-corrected chi connectivity index (χ2v) is 5.27. The summed E-state index contributed by atoms with van der Waals surface area (Å²) in [4.78, 5) is 25.9. The van der Waals surface area contributed by atoms with Crippen molar-refractivity contribution in [2.45, 2.75) is 46.1 Å². The van der Waals surface area contributed by atoms with Gasteiger partial charge in [-0.25, -0.2) is 4.79 Å². The van der Waals surface area contributed by atoms with Gasteiger partial charge in [-0.3, -0.25) is 9.69 Å². The summed E-state index contributed by atoms with van der Waals surface area (Å²) in [5, 5.41) is 0. The Bertz CT molecular complexity index is 504. The standard InChI is InChI=1S/C16H21NO3/c1-4-20-16(19)14-6-5-7-15(18)17(14)13-9-11(2)8-12(3)10-13/h8-10,14H,4-7H2,1-3H3. The Hall–Kier alpha value is -1.84. The third kappa shape index (κ3) is 3.00. The van der Waals surface area contributed by atoms with E-state index in [4.69, 9.17) is 4.74 Å². The van der Waals surface area contributed by atoms with Crippen molar-refractivity contribution in [2.24, 2.45) is 0 Å². The van der Waals surface area contributed by atoms with Crippen molar-refractivity contribution in [1.82, 2.24) is 0 Å². The van der Waals surface area contributed by atoms with Gasteiger partial charge in [-0.15, -0.1) is 0 Å². The molecule has 0 bridgehead atoms. The molecular formula is C16H21NO3. The Morgan fingerprint density at radius 2 is 1.95 bits per heavy atom. The number of nitrogens with zero attached hydrogens (tertiary/aromatic N) is 1. The molecule has 4 heteroatoms. The number of hydrogen-bond donors (Lipinski definition) is 0. The van der Waals surface area contributed by atoms with Crippen LogP contribution in [0.5, 0.6) is 0 Å². The van der Waals surface area contributed by atoms with Crippen molar-refractivity contribution in [3.63, 3.8) is 0 Å². The minimum absolute atomic E-state index is 0.000645. The van der Waals surface area contributed by atoms with Gasteiger partial charge in [0.2, 0.25) is 5.91 Å². The molecule has 1 amide bonds. The van der Waals surface area contributed by atoms with Crippen LogP contribution < -0.4 is 4.90 Å². The number of aryl methyl sites for hydroxylation is 2. The highest BCUT2D eigenvalue weighted by atomic mass is 16.5. The Balaban J connectivity index is 2.36. The number of ether oxygens (including phenoxy) is 1. The zero-order valence-corrected chi connectivity index (χ0v) is 12.3. The first-order valence-electron chi connectivity index (χ1n) is 7.10. The number of esters is 1. The molecule has 0 radical (unpaired) electrons. The van der Waals surface area contributed by atoms with Crippen molar-refractivity contribution in [3.05, 3.63) is 29.3 Å². The maximum absolute atomic E-state index is 12.3. The summed E-state index contributed by atoms with van der Waals surface area (Å²) in [6.45, 7) is 6.10. The van der Waals surface area contributed by atoms with E-state index >= 15 is 0 Å². The van der Waals surface area contributed by atoms with Crippen molar-refractivity contribution >= 4 is 17.6 Å². The minimum atomic E-state index is -0.489. The molecule has 4 nitrogen and oxygen atoms in total. The number of hydrogen-bond acceptors (Lipinski definition) is 3. The lowest BCUT2D eigenvalue weighted by molar-refractivity contribution is -0.146. The van der Waals surface area contributed by atoms with Crippen LogP contribution in [-0.4, -0.2) is 24.5 Å². The van der Waals surface area contributed by atoms with E-state index in [1.807, 2.05) is 26.0 Å². The van der Waals surface area contributed by atoms with Gasteiger partial charge in [0.25, 0.3) is 0 Å². The Morgan fingerprint density at radius 1 is 1.30 bits per heavy atom. The topological polar surface area (TPSA) is 46.6 Å². The Labute approximate surface area is 119 Å². The molecule has 1 aromatic carbocycles. The van der Waals surface area contributed by atoms with Crippen molar-refractivity contribution in [2.75, 3.05) is 11.5 Å². The third-order valence-electron chi connectivity index (χ3n) is 3.49. The van der Waals surface area contributed by atoms with Gasteiger partial charge in [-0.2, -0.15) is 0 Å². The molecule has 1 unspecified atom stereocenters. The number of anilines is 1. The van der Waals surface area contributed by atoms with Gasteiger partial charge in [0.05, 0.1) is 6.61 Å². The number of benzene rings is 1. The van der Waals surface area contributed by atoms with E-state index in [9.17, 15) is 9.59 Å². The monoisotopic (exact) mass is 275 g/mol. The maximum Gasteiger partial charge on any atom is 0.329 e. The average Bonchev–Trinajstić information content (AvgIpc) is 2.37. The highest BCUT2D eigenvalue weighted by Gasteiger charge is 2.35. The lowest BCUT2D eigenvalue weighted by Crippen LogP contribution is -2.49. The molecule has 0 saturated carbocycles. The van der Waals surface area contributed by atoms with Crippen LogP contribution in [0.15, 0.2) is 18.2 Å². The third-order valence-corrected chi connectivity index (χ3v) is 3.49. The first-order valence-corrected chi connectivity index (χ1v) is 7.10. The van der Waals surface area contributed by atoms with Gasteiger partial charge in [-0.05, 0) is 56.9 Å². The summed E-state index contributed by atoms with van der Waals surface area (Å²) in [5.41, 5.74) is 2.97. The van der Waals surface area contributed by atoms with E-state index in [2.05, 4.69) is 6.07 Å². The van der Waals surface area contributed by atoms with E-state index < -0.39 is 6.04 Å². The fourth-order valence-corrected chi connectivity index (χ4v) is 2.75. The first-order chi connectivity index (χ1) is 9.52. The van der Waals surface area contributed by atoms with E-state index in [0.717, 1.165) is 23.2 Å². The van der Waals surface area contributed by atoms with Crippen LogP contribution in [0.2, 0.25) is 0 Å². The van der Waals surface area contributed by atoms with Gasteiger partial charge in [0.1, 0.15) is 6.04 Å². The van der Waals surface area contributed by atoms with Gasteiger partial charge >= 0.3 is 5.97 Å². The summed E-state index contributed by atoms with van der Waals surface area (Å²) in [6, 6.07) is 5.46. The van der Waals surface area contributed by atoms with Crippen LogP contribution in [0, 0.1) is 13.8 Å². The molecule has 20 heavy (non-hydrogen) atoms. The summed E-state index contributed by atoms with van der Waals surface area (Å²) in [5.74, 6) is -0.306. The lowest BCUT2D eigenvalue weighted by Gasteiger charge is -2.34. The number of carbonyl (C=O) groups excluding carboxylic acids is 2. The van der Waals surface area contributed by atoms with Crippen LogP contribution in [0.1, 0.15) is 37.3 Å². The summed E-state index contributed by atoms with van der Waals surface area (Å²) >= 11 is 0. The maximum atomic E-state index is 12.3. The van der Waals surface area contributed by atoms with E-state index in [1.165, 1.54) is 0 Å². The highest BCUT2D eigenvalue weighted by Crippen LogP contribution is 2.28. The average molecular weight is 275 g/mol. The summed E-state index contributed by atoms with van der Waals surface area (Å²) < 4.78 is 5.11. The molecule has 1 fully saturated rings. The molecule has 0 N–H and O–H groups in total. The number of amides is 1.